The van der Waals surface area contributed by atoms with E-state index in [-0.39, 0.29) is 19.0 Å². The number of aliphatic hydroxyl groups is 1. The van der Waals surface area contributed by atoms with Gasteiger partial charge in [0.05, 0.1) is 19.3 Å². The van der Waals surface area contributed by atoms with E-state index >= 15 is 0 Å². The Morgan fingerprint density at radius 3 is 2.13 bits per heavy atom. The molecular formula is C10H14O5. The van der Waals surface area contributed by atoms with Crippen molar-refractivity contribution < 1.29 is 24.2 Å². The van der Waals surface area contributed by atoms with Gasteiger partial charge in [0.2, 0.25) is 0 Å². The standard InChI is InChI=1S/C10H14O5/c1-3-14-9(12)6-5-8(11)7-10(13)15-4-2/h5-7,11H,3-4H2,1-2H3/b6-5+,8-7-. The van der Waals surface area contributed by atoms with Gasteiger partial charge in [0.25, 0.3) is 0 Å². The van der Waals surface area contributed by atoms with Gasteiger partial charge in [0.1, 0.15) is 5.76 Å². The van der Waals surface area contributed by atoms with Crippen LogP contribution < -0.4 is 0 Å². The molecule has 5 heteroatoms. The first kappa shape index (κ1) is 13.2. The highest BCUT2D eigenvalue weighted by Crippen LogP contribution is 1.94. The molecule has 0 aliphatic carbocycles. The molecule has 0 unspecified atom stereocenters. The van der Waals surface area contributed by atoms with Crippen LogP contribution in [-0.4, -0.2) is 30.3 Å². The first-order valence-electron chi connectivity index (χ1n) is 4.52. The molecule has 0 bridgehead atoms. The van der Waals surface area contributed by atoms with E-state index in [1.54, 1.807) is 13.8 Å². The SMILES string of the molecule is CCOC(=O)/C=C(O)/C=C/C(=O)OCC. The number of aliphatic hydroxyl groups excluding tert-OH is 1. The van der Waals surface area contributed by atoms with Crippen LogP contribution in [0.25, 0.3) is 0 Å². The molecule has 5 nitrogen and oxygen atoms in total. The molecular weight excluding hydrogens is 200 g/mol. The maximum absolute atomic E-state index is 10.8. The van der Waals surface area contributed by atoms with Gasteiger partial charge in [-0.2, -0.15) is 0 Å². The van der Waals surface area contributed by atoms with E-state index in [4.69, 9.17) is 5.11 Å². The molecule has 84 valence electrons. The maximum atomic E-state index is 10.8. The molecule has 0 radical (unpaired) electrons. The Morgan fingerprint density at radius 1 is 1.07 bits per heavy atom. The van der Waals surface area contributed by atoms with E-state index < -0.39 is 11.9 Å². The highest BCUT2D eigenvalue weighted by molar-refractivity contribution is 5.85. The summed E-state index contributed by atoms with van der Waals surface area (Å²) in [5.74, 6) is -1.61. The van der Waals surface area contributed by atoms with Crippen LogP contribution in [0.5, 0.6) is 0 Å². The number of hydrogen-bond donors (Lipinski definition) is 1. The summed E-state index contributed by atoms with van der Waals surface area (Å²) in [5, 5.41) is 9.13. The monoisotopic (exact) mass is 214 g/mol. The fourth-order valence-corrected chi connectivity index (χ4v) is 0.697. The summed E-state index contributed by atoms with van der Waals surface area (Å²) in [7, 11) is 0. The van der Waals surface area contributed by atoms with Gasteiger partial charge < -0.3 is 14.6 Å². The number of esters is 2. The van der Waals surface area contributed by atoms with Gasteiger partial charge >= 0.3 is 11.9 Å². The second-order valence-electron chi connectivity index (χ2n) is 2.41. The van der Waals surface area contributed by atoms with Crippen molar-refractivity contribution in [2.45, 2.75) is 13.8 Å². The van der Waals surface area contributed by atoms with Gasteiger partial charge in [-0.3, -0.25) is 0 Å². The summed E-state index contributed by atoms with van der Waals surface area (Å²) in [6.07, 6.45) is 2.96. The molecule has 0 fully saturated rings. The number of hydrogen-bond acceptors (Lipinski definition) is 5. The number of allylic oxidation sites excluding steroid dienone is 1. The van der Waals surface area contributed by atoms with E-state index in [1.807, 2.05) is 0 Å². The van der Waals surface area contributed by atoms with Gasteiger partial charge in [-0.1, -0.05) is 0 Å². The Labute approximate surface area is 88.0 Å². The molecule has 0 aromatic heterocycles. The second-order valence-corrected chi connectivity index (χ2v) is 2.41. The van der Waals surface area contributed by atoms with Crippen LogP contribution in [0.2, 0.25) is 0 Å². The molecule has 0 saturated carbocycles. The number of carbonyl (C=O) groups excluding carboxylic acids is 2. The summed E-state index contributed by atoms with van der Waals surface area (Å²) in [6, 6.07) is 0. The van der Waals surface area contributed by atoms with Crippen molar-refractivity contribution in [3.8, 4) is 0 Å². The Bertz CT molecular complexity index is 278. The van der Waals surface area contributed by atoms with Crippen molar-refractivity contribution in [1.29, 1.82) is 0 Å². The van der Waals surface area contributed by atoms with E-state index in [0.29, 0.717) is 0 Å². The molecule has 0 heterocycles. The summed E-state index contributed by atoms with van der Waals surface area (Å²) < 4.78 is 9.11. The number of carbonyl (C=O) groups is 2. The number of rotatable bonds is 5. The molecule has 0 rings (SSSR count). The molecule has 0 spiro atoms. The third-order valence-corrected chi connectivity index (χ3v) is 1.23. The normalized spacial score (nSPS) is 11.5. The van der Waals surface area contributed by atoms with Crippen molar-refractivity contribution in [1.82, 2.24) is 0 Å². The zero-order chi connectivity index (χ0) is 11.7. The highest BCUT2D eigenvalue weighted by atomic mass is 16.5. The third-order valence-electron chi connectivity index (χ3n) is 1.23. The van der Waals surface area contributed by atoms with Crippen LogP contribution >= 0.6 is 0 Å². The van der Waals surface area contributed by atoms with Gasteiger partial charge in [0.15, 0.2) is 0 Å². The van der Waals surface area contributed by atoms with Gasteiger partial charge in [-0.25, -0.2) is 9.59 Å². The van der Waals surface area contributed by atoms with E-state index in [9.17, 15) is 9.59 Å². The minimum atomic E-state index is -0.663. The average molecular weight is 214 g/mol. The molecule has 0 aliphatic heterocycles. The zero-order valence-corrected chi connectivity index (χ0v) is 8.73. The quantitative estimate of drug-likeness (QED) is 0.321. The summed E-state index contributed by atoms with van der Waals surface area (Å²) in [4.78, 5) is 21.6. The largest absolute Gasteiger partial charge is 0.508 e. The molecule has 0 atom stereocenters. The molecule has 15 heavy (non-hydrogen) atoms. The lowest BCUT2D eigenvalue weighted by Crippen LogP contribution is -2.01. The van der Waals surface area contributed by atoms with Crippen molar-refractivity contribution in [3.63, 3.8) is 0 Å². The van der Waals surface area contributed by atoms with Crippen LogP contribution in [-0.2, 0) is 19.1 Å². The molecule has 0 saturated heterocycles. The van der Waals surface area contributed by atoms with Crippen LogP contribution in [0, 0.1) is 0 Å². The first-order chi connectivity index (χ1) is 7.10. The Balaban J connectivity index is 4.16. The predicted molar refractivity (Wildman–Crippen MR) is 53.1 cm³/mol. The van der Waals surface area contributed by atoms with Gasteiger partial charge in [0, 0.05) is 6.08 Å². The van der Waals surface area contributed by atoms with E-state index in [2.05, 4.69) is 9.47 Å². The van der Waals surface area contributed by atoms with Crippen molar-refractivity contribution in [3.05, 3.63) is 24.0 Å². The lowest BCUT2D eigenvalue weighted by molar-refractivity contribution is -0.138. The predicted octanol–water partition coefficient (Wildman–Crippen LogP) is 1.11. The molecule has 0 aromatic carbocycles. The van der Waals surface area contributed by atoms with Crippen molar-refractivity contribution in [2.75, 3.05) is 13.2 Å². The Kier molecular flexibility index (Phi) is 6.70. The van der Waals surface area contributed by atoms with E-state index in [0.717, 1.165) is 18.2 Å². The fraction of sp³-hybridized carbons (Fsp3) is 0.400. The molecule has 0 aliphatic rings. The van der Waals surface area contributed by atoms with E-state index in [1.165, 1.54) is 0 Å². The van der Waals surface area contributed by atoms with Gasteiger partial charge in [-0.05, 0) is 19.9 Å². The Morgan fingerprint density at radius 2 is 1.60 bits per heavy atom. The molecule has 0 amide bonds. The van der Waals surface area contributed by atoms with Crippen molar-refractivity contribution >= 4 is 11.9 Å². The smallest absolute Gasteiger partial charge is 0.334 e. The zero-order valence-electron chi connectivity index (χ0n) is 8.73. The highest BCUT2D eigenvalue weighted by Gasteiger charge is 1.99. The van der Waals surface area contributed by atoms with Crippen LogP contribution in [0.15, 0.2) is 24.0 Å². The fourth-order valence-electron chi connectivity index (χ4n) is 0.697. The minimum absolute atomic E-state index is 0.226. The lowest BCUT2D eigenvalue weighted by atomic mass is 10.4. The van der Waals surface area contributed by atoms with Crippen molar-refractivity contribution in [2.24, 2.45) is 0 Å². The van der Waals surface area contributed by atoms with Crippen LogP contribution in [0.1, 0.15) is 13.8 Å². The topological polar surface area (TPSA) is 72.8 Å². The third kappa shape index (κ3) is 7.30. The molecule has 0 aromatic rings. The van der Waals surface area contributed by atoms with Gasteiger partial charge in [-0.15, -0.1) is 0 Å². The summed E-state index contributed by atoms with van der Waals surface area (Å²) >= 11 is 0. The maximum Gasteiger partial charge on any atom is 0.334 e. The second kappa shape index (κ2) is 7.61. The molecule has 1 N–H and O–H groups in total. The average Bonchev–Trinajstić information content (AvgIpc) is 2.15. The lowest BCUT2D eigenvalue weighted by Gasteiger charge is -1.96. The first-order valence-corrected chi connectivity index (χ1v) is 4.52. The summed E-state index contributed by atoms with van der Waals surface area (Å²) in [6.45, 7) is 3.80. The minimum Gasteiger partial charge on any atom is -0.508 e. The Hall–Kier alpha value is -1.78. The number of ether oxygens (including phenoxy) is 2. The van der Waals surface area contributed by atoms with Crippen LogP contribution in [0.4, 0.5) is 0 Å². The van der Waals surface area contributed by atoms with Crippen LogP contribution in [0.3, 0.4) is 0 Å². The summed E-state index contributed by atoms with van der Waals surface area (Å²) in [5.41, 5.74) is 0.